The summed E-state index contributed by atoms with van der Waals surface area (Å²) < 4.78 is 0. The van der Waals surface area contributed by atoms with Crippen LogP contribution in [-0.4, -0.2) is 11.2 Å². The third kappa shape index (κ3) is 1.77. The zero-order chi connectivity index (χ0) is 12.2. The van der Waals surface area contributed by atoms with Gasteiger partial charge in [-0.1, -0.05) is 20.8 Å². The first kappa shape index (κ1) is 12.0. The molecule has 98 valence electrons. The maximum atomic E-state index is 9.64. The van der Waals surface area contributed by atoms with Crippen LogP contribution in [0.5, 0.6) is 0 Å². The Morgan fingerprint density at radius 1 is 0.941 bits per heavy atom. The lowest BCUT2D eigenvalue weighted by Gasteiger charge is -2.44. The van der Waals surface area contributed by atoms with Crippen molar-refractivity contribution < 1.29 is 5.11 Å². The largest absolute Gasteiger partial charge is 0.393 e. The molecule has 0 amide bonds. The van der Waals surface area contributed by atoms with Crippen LogP contribution in [0.15, 0.2) is 0 Å². The zero-order valence-electron chi connectivity index (χ0n) is 11.7. The normalized spacial score (nSPS) is 52.9. The minimum atomic E-state index is 0.0127. The molecule has 0 spiro atoms. The molecule has 4 atom stereocenters. The minimum absolute atomic E-state index is 0.0127. The van der Waals surface area contributed by atoms with E-state index in [2.05, 4.69) is 20.8 Å². The van der Waals surface area contributed by atoms with Crippen molar-refractivity contribution in [1.82, 2.24) is 0 Å². The van der Waals surface area contributed by atoms with Gasteiger partial charge in [-0.25, -0.2) is 0 Å². The number of aliphatic hydroxyl groups excluding tert-OH is 1. The average molecular weight is 236 g/mol. The number of aliphatic hydroxyl groups is 1. The van der Waals surface area contributed by atoms with Gasteiger partial charge in [-0.2, -0.15) is 0 Å². The van der Waals surface area contributed by atoms with Gasteiger partial charge in [-0.15, -0.1) is 0 Å². The molecule has 0 aromatic rings. The fraction of sp³-hybridized carbons (Fsp3) is 1.00. The van der Waals surface area contributed by atoms with E-state index >= 15 is 0 Å². The predicted octanol–water partition coefficient (Wildman–Crippen LogP) is 3.86. The molecule has 3 aliphatic rings. The van der Waals surface area contributed by atoms with Crippen molar-refractivity contribution in [2.45, 2.75) is 65.4 Å². The van der Waals surface area contributed by atoms with Crippen molar-refractivity contribution in [1.29, 1.82) is 0 Å². The van der Waals surface area contributed by atoms with E-state index in [4.69, 9.17) is 0 Å². The average Bonchev–Trinajstić information content (AvgIpc) is 2.81. The third-order valence-electron chi connectivity index (χ3n) is 6.88. The van der Waals surface area contributed by atoms with Gasteiger partial charge in [0.25, 0.3) is 0 Å². The summed E-state index contributed by atoms with van der Waals surface area (Å²) in [5, 5.41) is 9.64. The van der Waals surface area contributed by atoms with Gasteiger partial charge in [-0.3, -0.25) is 0 Å². The Morgan fingerprint density at radius 2 is 1.53 bits per heavy atom. The number of hydrogen-bond donors (Lipinski definition) is 1. The van der Waals surface area contributed by atoms with Crippen molar-refractivity contribution >= 4 is 0 Å². The molecule has 1 heteroatoms. The molecule has 0 aromatic heterocycles. The van der Waals surface area contributed by atoms with E-state index in [1.165, 1.54) is 25.7 Å². The molecule has 3 rings (SSSR count). The third-order valence-corrected chi connectivity index (χ3v) is 6.88. The van der Waals surface area contributed by atoms with Crippen LogP contribution in [0.25, 0.3) is 0 Å². The Balaban J connectivity index is 1.68. The number of fused-ring (bicyclic) bond motifs is 2. The number of rotatable bonds is 1. The summed E-state index contributed by atoms with van der Waals surface area (Å²) in [7, 11) is 0. The summed E-state index contributed by atoms with van der Waals surface area (Å²) >= 11 is 0. The van der Waals surface area contributed by atoms with Crippen molar-refractivity contribution in [3.8, 4) is 0 Å². The molecule has 1 N–H and O–H groups in total. The Labute approximate surface area is 106 Å². The van der Waals surface area contributed by atoms with Crippen LogP contribution in [-0.2, 0) is 0 Å². The lowest BCUT2D eigenvalue weighted by molar-refractivity contribution is 0.0336. The molecule has 0 aromatic carbocycles. The van der Waals surface area contributed by atoms with Gasteiger partial charge in [0.05, 0.1) is 6.10 Å². The smallest absolute Gasteiger partial charge is 0.0540 e. The molecule has 0 radical (unpaired) electrons. The van der Waals surface area contributed by atoms with E-state index in [9.17, 15) is 5.11 Å². The molecule has 3 aliphatic carbocycles. The summed E-state index contributed by atoms with van der Waals surface area (Å²) in [6.45, 7) is 7.47. The molecular formula is C16H28O. The van der Waals surface area contributed by atoms with Gasteiger partial charge in [-0.05, 0) is 73.5 Å². The lowest BCUT2D eigenvalue weighted by atomic mass is 9.62. The highest BCUT2D eigenvalue weighted by molar-refractivity contribution is 5.05. The highest BCUT2D eigenvalue weighted by Gasteiger charge is 2.56. The van der Waals surface area contributed by atoms with Gasteiger partial charge in [0.15, 0.2) is 0 Å². The van der Waals surface area contributed by atoms with E-state index in [1.54, 1.807) is 0 Å². The standard InChI is InChI=1S/C16H28O/c1-10-14-8-12(16(10,2)3)9-15(14)11-4-6-13(17)7-5-11/h10-15,17H,4-9H2,1-3H3/t10-,11?,12-,13?,14-,15-/m1/s1. The van der Waals surface area contributed by atoms with Crippen molar-refractivity contribution in [3.63, 3.8) is 0 Å². The van der Waals surface area contributed by atoms with Gasteiger partial charge in [0.2, 0.25) is 0 Å². The van der Waals surface area contributed by atoms with Crippen LogP contribution in [0.1, 0.15) is 59.3 Å². The summed E-state index contributed by atoms with van der Waals surface area (Å²) in [6.07, 6.45) is 7.72. The van der Waals surface area contributed by atoms with E-state index in [1.807, 2.05) is 0 Å². The van der Waals surface area contributed by atoms with Crippen LogP contribution in [0, 0.1) is 35.0 Å². The summed E-state index contributed by atoms with van der Waals surface area (Å²) in [5.41, 5.74) is 0.593. The fourth-order valence-corrected chi connectivity index (χ4v) is 5.28. The van der Waals surface area contributed by atoms with Crippen LogP contribution >= 0.6 is 0 Å². The zero-order valence-corrected chi connectivity index (χ0v) is 11.7. The molecule has 1 nitrogen and oxygen atoms in total. The first-order valence-corrected chi connectivity index (χ1v) is 7.68. The lowest BCUT2D eigenvalue weighted by Crippen LogP contribution is -2.37. The topological polar surface area (TPSA) is 20.2 Å². The quantitative estimate of drug-likeness (QED) is 0.733. The van der Waals surface area contributed by atoms with Crippen molar-refractivity contribution in [3.05, 3.63) is 0 Å². The molecule has 0 saturated heterocycles. The summed E-state index contributed by atoms with van der Waals surface area (Å²) in [6, 6.07) is 0. The second kappa shape index (κ2) is 3.98. The Morgan fingerprint density at radius 3 is 2.06 bits per heavy atom. The van der Waals surface area contributed by atoms with Crippen molar-refractivity contribution in [2.75, 3.05) is 0 Å². The molecule has 0 aliphatic heterocycles. The van der Waals surface area contributed by atoms with Gasteiger partial charge in [0.1, 0.15) is 0 Å². The summed E-state index contributed by atoms with van der Waals surface area (Å²) in [5.74, 6) is 4.83. The monoisotopic (exact) mass is 236 g/mol. The highest BCUT2D eigenvalue weighted by atomic mass is 16.3. The second-order valence-corrected chi connectivity index (χ2v) is 7.67. The predicted molar refractivity (Wildman–Crippen MR) is 70.6 cm³/mol. The molecule has 3 saturated carbocycles. The van der Waals surface area contributed by atoms with Crippen LogP contribution < -0.4 is 0 Å². The minimum Gasteiger partial charge on any atom is -0.393 e. The molecule has 17 heavy (non-hydrogen) atoms. The Hall–Kier alpha value is -0.0400. The SMILES string of the molecule is C[C@@H]1[C@H]2C[C@H](C[C@@H]2C2CCC(O)CC2)C1(C)C. The van der Waals surface area contributed by atoms with E-state index in [0.717, 1.165) is 42.4 Å². The van der Waals surface area contributed by atoms with E-state index < -0.39 is 0 Å². The van der Waals surface area contributed by atoms with E-state index in [-0.39, 0.29) is 6.10 Å². The van der Waals surface area contributed by atoms with Crippen molar-refractivity contribution in [2.24, 2.45) is 35.0 Å². The highest BCUT2D eigenvalue weighted by Crippen LogP contribution is 2.63. The van der Waals surface area contributed by atoms with Crippen LogP contribution in [0.2, 0.25) is 0 Å². The molecule has 0 unspecified atom stereocenters. The van der Waals surface area contributed by atoms with E-state index in [0.29, 0.717) is 5.41 Å². The first-order chi connectivity index (χ1) is 8.00. The maximum Gasteiger partial charge on any atom is 0.0540 e. The second-order valence-electron chi connectivity index (χ2n) is 7.67. The van der Waals surface area contributed by atoms with Crippen LogP contribution in [0.4, 0.5) is 0 Å². The number of hydrogen-bond acceptors (Lipinski definition) is 1. The maximum absolute atomic E-state index is 9.64. The van der Waals surface area contributed by atoms with Gasteiger partial charge >= 0.3 is 0 Å². The summed E-state index contributed by atoms with van der Waals surface area (Å²) in [4.78, 5) is 0. The first-order valence-electron chi connectivity index (χ1n) is 7.68. The fourth-order valence-electron chi connectivity index (χ4n) is 5.28. The Kier molecular flexibility index (Phi) is 2.81. The van der Waals surface area contributed by atoms with Gasteiger partial charge in [0, 0.05) is 0 Å². The van der Waals surface area contributed by atoms with Gasteiger partial charge < -0.3 is 5.11 Å². The molecular weight excluding hydrogens is 208 g/mol. The Bertz CT molecular complexity index is 284. The molecule has 2 bridgehead atoms. The molecule has 3 fully saturated rings. The molecule has 0 heterocycles. The van der Waals surface area contributed by atoms with Crippen LogP contribution in [0.3, 0.4) is 0 Å².